The highest BCUT2D eigenvalue weighted by Crippen LogP contribution is 2.41. The van der Waals surface area contributed by atoms with Crippen LogP contribution < -0.4 is 0 Å². The molecule has 3 heterocycles. The van der Waals surface area contributed by atoms with Crippen LogP contribution in [-0.4, -0.2) is 19.5 Å². The van der Waals surface area contributed by atoms with E-state index in [2.05, 4.69) is 150 Å². The van der Waals surface area contributed by atoms with Crippen molar-refractivity contribution in [1.29, 1.82) is 0 Å². The molecule has 290 valence electrons. The summed E-state index contributed by atoms with van der Waals surface area (Å²) >= 11 is 0. The molecule has 0 bridgehead atoms. The summed E-state index contributed by atoms with van der Waals surface area (Å²) in [6, 6.07) is 76.5. The van der Waals surface area contributed by atoms with Gasteiger partial charge in [0, 0.05) is 43.9 Å². The van der Waals surface area contributed by atoms with Crippen molar-refractivity contribution in [1.82, 2.24) is 19.5 Å². The van der Waals surface area contributed by atoms with Crippen LogP contribution in [0.2, 0.25) is 0 Å². The first-order chi connectivity index (χ1) is 30.7. The van der Waals surface area contributed by atoms with E-state index in [-0.39, 0.29) is 0 Å². The summed E-state index contributed by atoms with van der Waals surface area (Å²) in [5.74, 6) is 1.84. The van der Waals surface area contributed by atoms with Gasteiger partial charge in [-0.1, -0.05) is 164 Å². The van der Waals surface area contributed by atoms with Gasteiger partial charge in [0.2, 0.25) is 0 Å². The molecule has 3 aromatic heterocycles. The largest absolute Gasteiger partial charge is 0.456 e. The maximum absolute atomic E-state index is 6.50. The monoisotopic (exact) mass is 792 g/mol. The fourth-order valence-corrected chi connectivity index (χ4v) is 8.97. The highest BCUT2D eigenvalue weighted by Gasteiger charge is 2.19. The Morgan fingerprint density at radius 3 is 1.56 bits per heavy atom. The highest BCUT2D eigenvalue weighted by molar-refractivity contribution is 6.13. The zero-order chi connectivity index (χ0) is 41.0. The molecule has 0 amide bonds. The van der Waals surface area contributed by atoms with Gasteiger partial charge in [0.15, 0.2) is 17.5 Å². The van der Waals surface area contributed by atoms with Crippen molar-refractivity contribution in [3.63, 3.8) is 0 Å². The lowest BCUT2D eigenvalue weighted by atomic mass is 9.92. The quantitative estimate of drug-likeness (QED) is 0.161. The number of para-hydroxylation sites is 2. The molecule has 0 fully saturated rings. The normalized spacial score (nSPS) is 11.5. The average molecular weight is 793 g/mol. The maximum Gasteiger partial charge on any atom is 0.164 e. The Bertz CT molecular complexity index is 3570. The molecule has 0 spiro atoms. The standard InChI is InChI=1S/C57H36N4O/c1-4-16-37(17-5-1)55-58-56(38-18-6-2-7-19-38)60-57(59-55)47-27-15-29-53-54(47)49-35-40(31-33-52(49)62-53)39-20-14-21-41(34-39)44-24-10-11-25-45(44)42-30-32-51-48(36-42)46-26-12-13-28-50(46)61(51)43-22-8-3-9-23-43/h1-36H. The molecule has 0 atom stereocenters. The molecule has 0 N–H and O–H groups in total. The minimum absolute atomic E-state index is 0.595. The molecule has 0 radical (unpaired) electrons. The third kappa shape index (κ3) is 6.06. The van der Waals surface area contributed by atoms with Crippen LogP contribution in [0.4, 0.5) is 0 Å². The molecule has 12 rings (SSSR count). The molecule has 0 aliphatic rings. The molecular weight excluding hydrogens is 757 g/mol. The molecule has 62 heavy (non-hydrogen) atoms. The van der Waals surface area contributed by atoms with Gasteiger partial charge in [0.05, 0.1) is 11.0 Å². The summed E-state index contributed by atoms with van der Waals surface area (Å²) in [5, 5.41) is 4.45. The predicted molar refractivity (Wildman–Crippen MR) is 254 cm³/mol. The fraction of sp³-hybridized carbons (Fsp3) is 0. The van der Waals surface area contributed by atoms with E-state index in [0.29, 0.717) is 17.5 Å². The third-order valence-corrected chi connectivity index (χ3v) is 11.9. The predicted octanol–water partition coefficient (Wildman–Crippen LogP) is 14.9. The van der Waals surface area contributed by atoms with Gasteiger partial charge < -0.3 is 8.98 Å². The molecule has 12 aromatic rings. The Morgan fingerprint density at radius 2 is 0.823 bits per heavy atom. The highest BCUT2D eigenvalue weighted by atomic mass is 16.3. The van der Waals surface area contributed by atoms with Gasteiger partial charge in [0.1, 0.15) is 11.2 Å². The van der Waals surface area contributed by atoms with Gasteiger partial charge in [0.25, 0.3) is 0 Å². The van der Waals surface area contributed by atoms with Crippen LogP contribution in [0, 0.1) is 0 Å². The van der Waals surface area contributed by atoms with Crippen LogP contribution >= 0.6 is 0 Å². The van der Waals surface area contributed by atoms with E-state index in [0.717, 1.165) is 61.0 Å². The molecule has 0 aliphatic carbocycles. The Hall–Kier alpha value is -8.41. The van der Waals surface area contributed by atoms with Crippen molar-refractivity contribution in [2.75, 3.05) is 0 Å². The second-order valence-corrected chi connectivity index (χ2v) is 15.6. The zero-order valence-corrected chi connectivity index (χ0v) is 33.5. The number of fused-ring (bicyclic) bond motifs is 6. The Kier molecular flexibility index (Phi) is 8.42. The van der Waals surface area contributed by atoms with E-state index in [4.69, 9.17) is 19.4 Å². The number of benzene rings is 9. The van der Waals surface area contributed by atoms with Crippen LogP contribution in [0.3, 0.4) is 0 Å². The summed E-state index contributed by atoms with van der Waals surface area (Å²) in [5.41, 5.74) is 14.8. The third-order valence-electron chi connectivity index (χ3n) is 11.9. The summed E-state index contributed by atoms with van der Waals surface area (Å²) in [4.78, 5) is 15.1. The lowest BCUT2D eigenvalue weighted by molar-refractivity contribution is 0.669. The number of aromatic nitrogens is 4. The van der Waals surface area contributed by atoms with E-state index in [1.165, 1.54) is 38.5 Å². The second-order valence-electron chi connectivity index (χ2n) is 15.6. The van der Waals surface area contributed by atoms with Crippen molar-refractivity contribution >= 4 is 43.7 Å². The summed E-state index contributed by atoms with van der Waals surface area (Å²) in [6.45, 7) is 0. The van der Waals surface area contributed by atoms with Crippen molar-refractivity contribution in [3.8, 4) is 73.2 Å². The lowest BCUT2D eigenvalue weighted by Gasteiger charge is -2.13. The van der Waals surface area contributed by atoms with E-state index in [1.54, 1.807) is 0 Å². The van der Waals surface area contributed by atoms with Gasteiger partial charge >= 0.3 is 0 Å². The maximum atomic E-state index is 6.50. The minimum Gasteiger partial charge on any atom is -0.456 e. The fourth-order valence-electron chi connectivity index (χ4n) is 8.97. The number of furan rings is 1. The Balaban J connectivity index is 0.964. The van der Waals surface area contributed by atoms with Crippen LogP contribution in [0.5, 0.6) is 0 Å². The van der Waals surface area contributed by atoms with E-state index < -0.39 is 0 Å². The van der Waals surface area contributed by atoms with Gasteiger partial charge in [-0.3, -0.25) is 0 Å². The van der Waals surface area contributed by atoms with Crippen LogP contribution in [0.25, 0.3) is 117 Å². The molecule has 0 saturated heterocycles. The van der Waals surface area contributed by atoms with E-state index >= 15 is 0 Å². The number of nitrogens with zero attached hydrogens (tertiary/aromatic N) is 4. The molecule has 0 saturated carbocycles. The molecular formula is C57H36N4O. The molecule has 0 unspecified atom stereocenters. The van der Waals surface area contributed by atoms with Gasteiger partial charge in [-0.15, -0.1) is 0 Å². The summed E-state index contributed by atoms with van der Waals surface area (Å²) < 4.78 is 8.87. The van der Waals surface area contributed by atoms with Gasteiger partial charge in [-0.2, -0.15) is 0 Å². The van der Waals surface area contributed by atoms with Crippen molar-refractivity contribution in [2.45, 2.75) is 0 Å². The minimum atomic E-state index is 0.595. The Morgan fingerprint density at radius 1 is 0.306 bits per heavy atom. The smallest absolute Gasteiger partial charge is 0.164 e. The first-order valence-corrected chi connectivity index (χ1v) is 20.8. The zero-order valence-electron chi connectivity index (χ0n) is 33.5. The topological polar surface area (TPSA) is 56.7 Å². The van der Waals surface area contributed by atoms with E-state index in [9.17, 15) is 0 Å². The van der Waals surface area contributed by atoms with Crippen molar-refractivity contribution < 1.29 is 4.42 Å². The Labute approximate surface area is 357 Å². The van der Waals surface area contributed by atoms with Crippen LogP contribution in [0.15, 0.2) is 223 Å². The molecule has 9 aromatic carbocycles. The van der Waals surface area contributed by atoms with Crippen LogP contribution in [0.1, 0.15) is 0 Å². The first kappa shape index (κ1) is 35.5. The van der Waals surface area contributed by atoms with Crippen LogP contribution in [-0.2, 0) is 0 Å². The molecule has 5 heteroatoms. The molecule has 0 aliphatic heterocycles. The second kappa shape index (κ2) is 14.7. The van der Waals surface area contributed by atoms with Crippen molar-refractivity contribution in [2.24, 2.45) is 0 Å². The number of hydrogen-bond acceptors (Lipinski definition) is 4. The van der Waals surface area contributed by atoms with E-state index in [1.807, 2.05) is 72.8 Å². The summed E-state index contributed by atoms with van der Waals surface area (Å²) in [6.07, 6.45) is 0. The first-order valence-electron chi connectivity index (χ1n) is 20.8. The summed E-state index contributed by atoms with van der Waals surface area (Å²) in [7, 11) is 0. The number of rotatable bonds is 7. The van der Waals surface area contributed by atoms with Crippen molar-refractivity contribution in [3.05, 3.63) is 218 Å². The number of hydrogen-bond donors (Lipinski definition) is 0. The van der Waals surface area contributed by atoms with Gasteiger partial charge in [-0.05, 0) is 88.0 Å². The van der Waals surface area contributed by atoms with Gasteiger partial charge in [-0.25, -0.2) is 15.0 Å². The average Bonchev–Trinajstić information content (AvgIpc) is 3.90. The lowest BCUT2D eigenvalue weighted by Crippen LogP contribution is -2.00. The molecule has 5 nitrogen and oxygen atoms in total. The SMILES string of the molecule is c1ccc(-c2nc(-c3ccccc3)nc(-c3cccc4oc5ccc(-c6cccc(-c7ccccc7-c7ccc8c(c7)c7ccccc7n8-c7ccccc7)c6)cc5c34)n2)cc1.